The van der Waals surface area contributed by atoms with Gasteiger partial charge in [-0.1, -0.05) is 43.1 Å². The minimum absolute atomic E-state index is 0.136. The molecular weight excluding hydrogens is 428 g/mol. The molecule has 6 nitrogen and oxygen atoms in total. The zero-order valence-electron chi connectivity index (χ0n) is 19.8. The molecule has 0 aliphatic heterocycles. The first-order chi connectivity index (χ1) is 15.1. The molecule has 0 spiro atoms. The van der Waals surface area contributed by atoms with Crippen LogP contribution in [0.25, 0.3) is 5.69 Å². The van der Waals surface area contributed by atoms with Crippen LogP contribution >= 0.6 is 11.6 Å². The van der Waals surface area contributed by atoms with Gasteiger partial charge in [0.1, 0.15) is 12.3 Å². The smallest absolute Gasteiger partial charge is 0.276 e. The topological polar surface area (TPSA) is 73.6 Å². The maximum absolute atomic E-state index is 12.1. The van der Waals surface area contributed by atoms with Crippen molar-refractivity contribution in [3.63, 3.8) is 0 Å². The Morgan fingerprint density at radius 1 is 1.06 bits per heavy atom. The normalized spacial score (nSPS) is 10.3. The van der Waals surface area contributed by atoms with E-state index in [1.54, 1.807) is 51.4 Å². The van der Waals surface area contributed by atoms with Crippen LogP contribution in [-0.4, -0.2) is 34.0 Å². The SMILES string of the molecule is CC.COc1cc(-n2ccnc(C)c2=O)ccc1OCC(C)(C)O.Cc1ccc(Cl)cc1. The fraction of sp³-hybridized carbons (Fsp3) is 0.360. The van der Waals surface area contributed by atoms with E-state index < -0.39 is 5.60 Å². The van der Waals surface area contributed by atoms with E-state index in [4.69, 9.17) is 21.1 Å². The molecule has 7 heteroatoms. The number of halogens is 1. The molecule has 1 aromatic heterocycles. The van der Waals surface area contributed by atoms with Gasteiger partial charge >= 0.3 is 0 Å². The summed E-state index contributed by atoms with van der Waals surface area (Å²) in [6.07, 6.45) is 3.17. The number of hydrogen-bond acceptors (Lipinski definition) is 5. The van der Waals surface area contributed by atoms with Crippen LogP contribution in [0, 0.1) is 13.8 Å². The van der Waals surface area contributed by atoms with Crippen LogP contribution in [-0.2, 0) is 0 Å². The first-order valence-electron chi connectivity index (χ1n) is 10.4. The zero-order valence-corrected chi connectivity index (χ0v) is 20.6. The summed E-state index contributed by atoms with van der Waals surface area (Å²) in [7, 11) is 1.52. The number of hydrogen-bond donors (Lipinski definition) is 1. The fourth-order valence-corrected chi connectivity index (χ4v) is 2.55. The summed E-state index contributed by atoms with van der Waals surface area (Å²) < 4.78 is 12.4. The summed E-state index contributed by atoms with van der Waals surface area (Å²) in [5.41, 5.74) is 1.19. The minimum Gasteiger partial charge on any atom is -0.493 e. The molecule has 1 N–H and O–H groups in total. The number of aliphatic hydroxyl groups is 1. The van der Waals surface area contributed by atoms with Gasteiger partial charge < -0.3 is 14.6 Å². The average molecular weight is 461 g/mol. The van der Waals surface area contributed by atoms with Crippen molar-refractivity contribution in [2.75, 3.05) is 13.7 Å². The first kappa shape index (κ1) is 27.2. The van der Waals surface area contributed by atoms with E-state index in [1.807, 2.05) is 45.0 Å². The quantitative estimate of drug-likeness (QED) is 0.553. The Morgan fingerprint density at radius 3 is 2.22 bits per heavy atom. The molecule has 1 heterocycles. The highest BCUT2D eigenvalue weighted by Gasteiger charge is 2.16. The fourth-order valence-electron chi connectivity index (χ4n) is 2.43. The Kier molecular flexibility index (Phi) is 11.0. The van der Waals surface area contributed by atoms with Crippen molar-refractivity contribution in [3.8, 4) is 17.2 Å². The maximum atomic E-state index is 12.1. The maximum Gasteiger partial charge on any atom is 0.276 e. The summed E-state index contributed by atoms with van der Waals surface area (Å²) in [5.74, 6) is 0.996. The monoisotopic (exact) mass is 460 g/mol. The Hall–Kier alpha value is -2.83. The number of nitrogens with zero attached hydrogens (tertiary/aromatic N) is 2. The average Bonchev–Trinajstić information content (AvgIpc) is 2.77. The molecule has 0 saturated carbocycles. The van der Waals surface area contributed by atoms with Gasteiger partial charge in [-0.25, -0.2) is 0 Å². The number of ether oxygens (including phenoxy) is 2. The lowest BCUT2D eigenvalue weighted by atomic mass is 10.2. The van der Waals surface area contributed by atoms with Gasteiger partial charge in [-0.05, 0) is 52.0 Å². The van der Waals surface area contributed by atoms with E-state index in [9.17, 15) is 9.90 Å². The van der Waals surface area contributed by atoms with Crippen LogP contribution in [0.2, 0.25) is 5.02 Å². The molecule has 3 aromatic rings. The second kappa shape index (κ2) is 12.9. The summed E-state index contributed by atoms with van der Waals surface area (Å²) in [4.78, 5) is 16.1. The molecule has 3 rings (SSSR count). The minimum atomic E-state index is -0.942. The molecule has 0 atom stereocenters. The standard InChI is InChI=1S/C16H20N2O4.C7H7Cl.C2H6/c1-11-15(19)18(8-7-17-11)12-5-6-13(14(9-12)21-4)22-10-16(2,3)20;1-6-2-4-7(8)5-3-6;1-2/h5-9,20H,10H2,1-4H3;2-5H,1H3;1-2H3. The molecule has 0 radical (unpaired) electrons. The third-order valence-corrected chi connectivity index (χ3v) is 4.28. The number of methoxy groups -OCH3 is 1. The van der Waals surface area contributed by atoms with Crippen LogP contribution in [0.15, 0.2) is 59.7 Å². The third kappa shape index (κ3) is 8.73. The molecule has 174 valence electrons. The Bertz CT molecular complexity index is 1000. The number of aryl methyl sites for hydroxylation is 2. The predicted molar refractivity (Wildman–Crippen MR) is 130 cm³/mol. The second-order valence-corrected chi connectivity index (χ2v) is 7.86. The highest BCUT2D eigenvalue weighted by molar-refractivity contribution is 6.30. The van der Waals surface area contributed by atoms with Crippen molar-refractivity contribution in [3.05, 3.63) is 81.5 Å². The van der Waals surface area contributed by atoms with Crippen LogP contribution in [0.3, 0.4) is 0 Å². The van der Waals surface area contributed by atoms with Gasteiger partial charge in [-0.15, -0.1) is 0 Å². The highest BCUT2D eigenvalue weighted by atomic mass is 35.5. The first-order valence-corrected chi connectivity index (χ1v) is 10.8. The Balaban J connectivity index is 0.000000427. The van der Waals surface area contributed by atoms with Gasteiger partial charge in [0.25, 0.3) is 5.56 Å². The third-order valence-electron chi connectivity index (χ3n) is 4.03. The lowest BCUT2D eigenvalue weighted by Crippen LogP contribution is -2.28. The molecule has 0 unspecified atom stereocenters. The molecule has 0 aliphatic rings. The molecule has 0 saturated heterocycles. The van der Waals surface area contributed by atoms with E-state index in [0.29, 0.717) is 22.9 Å². The molecule has 32 heavy (non-hydrogen) atoms. The van der Waals surface area contributed by atoms with Crippen LogP contribution in [0.1, 0.15) is 39.0 Å². The van der Waals surface area contributed by atoms with Crippen LogP contribution in [0.5, 0.6) is 11.5 Å². The Labute approximate surface area is 195 Å². The predicted octanol–water partition coefficient (Wildman–Crippen LogP) is 5.37. The number of benzene rings is 2. The van der Waals surface area contributed by atoms with Gasteiger partial charge in [-0.2, -0.15) is 0 Å². The second-order valence-electron chi connectivity index (χ2n) is 7.42. The van der Waals surface area contributed by atoms with Gasteiger partial charge in [0.15, 0.2) is 11.5 Å². The summed E-state index contributed by atoms with van der Waals surface area (Å²) in [5, 5.41) is 10.5. The molecule has 2 aromatic carbocycles. The summed E-state index contributed by atoms with van der Waals surface area (Å²) >= 11 is 5.61. The summed E-state index contributed by atoms with van der Waals surface area (Å²) in [6, 6.07) is 12.9. The zero-order chi connectivity index (χ0) is 24.3. The van der Waals surface area contributed by atoms with Gasteiger partial charge in [0.2, 0.25) is 0 Å². The van der Waals surface area contributed by atoms with E-state index in [1.165, 1.54) is 17.2 Å². The highest BCUT2D eigenvalue weighted by Crippen LogP contribution is 2.29. The van der Waals surface area contributed by atoms with E-state index >= 15 is 0 Å². The van der Waals surface area contributed by atoms with Crippen molar-refractivity contribution >= 4 is 11.6 Å². The van der Waals surface area contributed by atoms with Crippen molar-refractivity contribution in [2.45, 2.75) is 47.1 Å². The largest absolute Gasteiger partial charge is 0.493 e. The van der Waals surface area contributed by atoms with Crippen LogP contribution < -0.4 is 15.0 Å². The van der Waals surface area contributed by atoms with E-state index in [-0.39, 0.29) is 12.2 Å². The van der Waals surface area contributed by atoms with Gasteiger partial charge in [-0.3, -0.25) is 14.3 Å². The summed E-state index contributed by atoms with van der Waals surface area (Å²) in [6.45, 7) is 11.2. The Morgan fingerprint density at radius 2 is 1.69 bits per heavy atom. The van der Waals surface area contributed by atoms with E-state index in [2.05, 4.69) is 4.98 Å². The van der Waals surface area contributed by atoms with E-state index in [0.717, 1.165) is 5.02 Å². The lowest BCUT2D eigenvalue weighted by molar-refractivity contribution is 0.0276. The van der Waals surface area contributed by atoms with Gasteiger partial charge in [0, 0.05) is 23.5 Å². The number of rotatable bonds is 5. The van der Waals surface area contributed by atoms with Crippen LogP contribution in [0.4, 0.5) is 0 Å². The molecule has 0 aliphatic carbocycles. The van der Waals surface area contributed by atoms with Crippen molar-refractivity contribution in [1.82, 2.24) is 9.55 Å². The molecule has 0 amide bonds. The molecule has 0 fully saturated rings. The molecular formula is C25H33ClN2O4. The van der Waals surface area contributed by atoms with Crippen molar-refractivity contribution in [2.24, 2.45) is 0 Å². The van der Waals surface area contributed by atoms with Crippen molar-refractivity contribution < 1.29 is 14.6 Å². The van der Waals surface area contributed by atoms with Gasteiger partial charge in [0.05, 0.1) is 18.4 Å². The lowest BCUT2D eigenvalue weighted by Gasteiger charge is -2.19. The molecule has 0 bridgehead atoms. The number of aromatic nitrogens is 2. The van der Waals surface area contributed by atoms with Crippen molar-refractivity contribution in [1.29, 1.82) is 0 Å².